The smallest absolute Gasteiger partial charge is 0.127 e. The molecule has 5 heteroatoms. The SMILES string of the molecule is CC.CC(C)Oc1ccnc2c1CN(CCCN1CCC(O)C1)CC2. The Bertz CT molecular complexity index is 522. The molecule has 3 heterocycles. The molecule has 1 atom stereocenters. The highest BCUT2D eigenvalue weighted by Gasteiger charge is 2.22. The lowest BCUT2D eigenvalue weighted by Gasteiger charge is -2.30. The maximum absolute atomic E-state index is 9.59. The fourth-order valence-corrected chi connectivity index (χ4v) is 3.56. The second-order valence-corrected chi connectivity index (χ2v) is 7.02. The first kappa shape index (κ1) is 20.1. The number of β-amino-alcohol motifs (C(OH)–C–C–N with tert-alkyl or cyclic N) is 1. The Morgan fingerprint density at radius 3 is 2.68 bits per heavy atom. The van der Waals surface area contributed by atoms with Crippen molar-refractivity contribution >= 4 is 0 Å². The van der Waals surface area contributed by atoms with Crippen LogP contribution in [0.25, 0.3) is 0 Å². The fourth-order valence-electron chi connectivity index (χ4n) is 3.56. The van der Waals surface area contributed by atoms with E-state index in [2.05, 4.69) is 28.6 Å². The van der Waals surface area contributed by atoms with Crippen LogP contribution in [0.1, 0.15) is 51.8 Å². The second kappa shape index (κ2) is 10.1. The van der Waals surface area contributed by atoms with Crippen molar-refractivity contribution in [1.82, 2.24) is 14.8 Å². The molecule has 0 spiro atoms. The summed E-state index contributed by atoms with van der Waals surface area (Å²) in [5.74, 6) is 0.998. The third-order valence-electron chi connectivity index (χ3n) is 4.71. The summed E-state index contributed by atoms with van der Waals surface area (Å²) in [6.07, 6.45) is 5.04. The van der Waals surface area contributed by atoms with Gasteiger partial charge in [0.2, 0.25) is 0 Å². The van der Waals surface area contributed by atoms with Crippen molar-refractivity contribution < 1.29 is 9.84 Å². The van der Waals surface area contributed by atoms with Gasteiger partial charge in [-0.2, -0.15) is 0 Å². The molecule has 0 saturated carbocycles. The molecule has 0 amide bonds. The summed E-state index contributed by atoms with van der Waals surface area (Å²) in [6, 6.07) is 1.99. The van der Waals surface area contributed by atoms with Crippen LogP contribution in [0, 0.1) is 0 Å². The van der Waals surface area contributed by atoms with Gasteiger partial charge in [-0.1, -0.05) is 13.8 Å². The van der Waals surface area contributed by atoms with Crippen LogP contribution in [-0.2, 0) is 13.0 Å². The molecule has 0 aromatic carbocycles. The van der Waals surface area contributed by atoms with Crippen LogP contribution in [0.3, 0.4) is 0 Å². The van der Waals surface area contributed by atoms with Crippen LogP contribution in [0.2, 0.25) is 0 Å². The van der Waals surface area contributed by atoms with Gasteiger partial charge < -0.3 is 14.7 Å². The lowest BCUT2D eigenvalue weighted by atomic mass is 10.0. The number of hydrogen-bond acceptors (Lipinski definition) is 5. The van der Waals surface area contributed by atoms with E-state index in [1.54, 1.807) is 0 Å². The van der Waals surface area contributed by atoms with Crippen LogP contribution in [0.15, 0.2) is 12.3 Å². The molecule has 1 unspecified atom stereocenters. The van der Waals surface area contributed by atoms with Crippen LogP contribution >= 0.6 is 0 Å². The molecule has 2 aliphatic heterocycles. The van der Waals surface area contributed by atoms with Gasteiger partial charge in [0.1, 0.15) is 5.75 Å². The highest BCUT2D eigenvalue weighted by Crippen LogP contribution is 2.27. The fraction of sp³-hybridized carbons (Fsp3) is 0.750. The first-order valence-electron chi connectivity index (χ1n) is 9.88. The summed E-state index contributed by atoms with van der Waals surface area (Å²) in [6.45, 7) is 14.2. The molecule has 1 N–H and O–H groups in total. The van der Waals surface area contributed by atoms with E-state index in [4.69, 9.17) is 4.74 Å². The van der Waals surface area contributed by atoms with E-state index in [0.29, 0.717) is 0 Å². The highest BCUT2D eigenvalue weighted by molar-refractivity contribution is 5.37. The van der Waals surface area contributed by atoms with Gasteiger partial charge in [0.15, 0.2) is 0 Å². The molecule has 1 fully saturated rings. The van der Waals surface area contributed by atoms with Gasteiger partial charge in [0.25, 0.3) is 0 Å². The van der Waals surface area contributed by atoms with E-state index >= 15 is 0 Å². The topological polar surface area (TPSA) is 48.8 Å². The number of pyridine rings is 1. The Kier molecular flexibility index (Phi) is 8.13. The monoisotopic (exact) mass is 349 g/mol. The van der Waals surface area contributed by atoms with E-state index in [0.717, 1.165) is 64.3 Å². The maximum atomic E-state index is 9.59. The van der Waals surface area contributed by atoms with E-state index < -0.39 is 0 Å². The minimum atomic E-state index is -0.112. The molecular formula is C20H35N3O2. The Balaban J connectivity index is 0.00000109. The zero-order chi connectivity index (χ0) is 18.2. The lowest BCUT2D eigenvalue weighted by molar-refractivity contribution is 0.171. The van der Waals surface area contributed by atoms with Crippen molar-refractivity contribution in [2.45, 2.75) is 65.7 Å². The minimum Gasteiger partial charge on any atom is -0.491 e. The van der Waals surface area contributed by atoms with Gasteiger partial charge in [0, 0.05) is 50.1 Å². The third kappa shape index (κ3) is 5.94. The number of ether oxygens (including phenoxy) is 1. The summed E-state index contributed by atoms with van der Waals surface area (Å²) in [5, 5.41) is 9.59. The molecule has 2 aliphatic rings. The normalized spacial score (nSPS) is 21.0. The summed E-state index contributed by atoms with van der Waals surface area (Å²) in [7, 11) is 0. The van der Waals surface area contributed by atoms with Crippen molar-refractivity contribution in [3.05, 3.63) is 23.5 Å². The molecule has 0 bridgehead atoms. The average Bonchev–Trinajstić information content (AvgIpc) is 3.02. The van der Waals surface area contributed by atoms with Crippen molar-refractivity contribution in [3.63, 3.8) is 0 Å². The van der Waals surface area contributed by atoms with Crippen LogP contribution in [0.5, 0.6) is 5.75 Å². The second-order valence-electron chi connectivity index (χ2n) is 7.02. The standard InChI is InChI=1S/C18H29N3O2.C2H6/c1-14(2)23-18-4-7-19-17-6-11-21(13-16(17)18)9-3-8-20-10-5-15(22)12-20;1-2/h4,7,14-15,22H,3,5-6,8-13H2,1-2H3;1-2H3. The quantitative estimate of drug-likeness (QED) is 0.856. The highest BCUT2D eigenvalue weighted by atomic mass is 16.5. The number of rotatable bonds is 6. The van der Waals surface area contributed by atoms with Gasteiger partial charge in [-0.3, -0.25) is 9.88 Å². The average molecular weight is 350 g/mol. The molecule has 25 heavy (non-hydrogen) atoms. The van der Waals surface area contributed by atoms with Crippen LogP contribution < -0.4 is 4.74 Å². The molecular weight excluding hydrogens is 314 g/mol. The van der Waals surface area contributed by atoms with E-state index in [9.17, 15) is 5.11 Å². The van der Waals surface area contributed by atoms with Gasteiger partial charge >= 0.3 is 0 Å². The molecule has 1 saturated heterocycles. The van der Waals surface area contributed by atoms with E-state index in [-0.39, 0.29) is 12.2 Å². The number of hydrogen-bond donors (Lipinski definition) is 1. The molecule has 1 aromatic rings. The van der Waals surface area contributed by atoms with E-state index in [1.807, 2.05) is 26.1 Å². The zero-order valence-electron chi connectivity index (χ0n) is 16.4. The maximum Gasteiger partial charge on any atom is 0.127 e. The van der Waals surface area contributed by atoms with Crippen molar-refractivity contribution in [1.29, 1.82) is 0 Å². The van der Waals surface area contributed by atoms with Gasteiger partial charge in [-0.05, 0) is 45.8 Å². The Morgan fingerprint density at radius 1 is 1.24 bits per heavy atom. The Labute approximate surface area is 153 Å². The van der Waals surface area contributed by atoms with Crippen molar-refractivity contribution in [2.75, 3.05) is 32.7 Å². The third-order valence-corrected chi connectivity index (χ3v) is 4.71. The molecule has 5 nitrogen and oxygen atoms in total. The van der Waals surface area contributed by atoms with Crippen LogP contribution in [0.4, 0.5) is 0 Å². The summed E-state index contributed by atoms with van der Waals surface area (Å²) < 4.78 is 5.96. The first-order valence-corrected chi connectivity index (χ1v) is 9.88. The van der Waals surface area contributed by atoms with E-state index in [1.165, 1.54) is 11.3 Å². The number of fused-ring (bicyclic) bond motifs is 1. The Morgan fingerprint density at radius 2 is 2.00 bits per heavy atom. The van der Waals surface area contributed by atoms with Crippen molar-refractivity contribution in [2.24, 2.45) is 0 Å². The lowest BCUT2D eigenvalue weighted by Crippen LogP contribution is -2.34. The van der Waals surface area contributed by atoms with Gasteiger partial charge in [-0.25, -0.2) is 0 Å². The molecule has 3 rings (SSSR count). The minimum absolute atomic E-state index is 0.112. The molecule has 0 radical (unpaired) electrons. The molecule has 0 aliphatic carbocycles. The van der Waals surface area contributed by atoms with Crippen molar-refractivity contribution in [3.8, 4) is 5.75 Å². The van der Waals surface area contributed by atoms with Crippen LogP contribution in [-0.4, -0.2) is 64.8 Å². The van der Waals surface area contributed by atoms with Gasteiger partial charge in [-0.15, -0.1) is 0 Å². The summed E-state index contributed by atoms with van der Waals surface area (Å²) >= 11 is 0. The largest absolute Gasteiger partial charge is 0.491 e. The van der Waals surface area contributed by atoms with Gasteiger partial charge in [0.05, 0.1) is 12.2 Å². The number of aromatic nitrogens is 1. The molecule has 142 valence electrons. The predicted octanol–water partition coefficient (Wildman–Crippen LogP) is 2.71. The number of nitrogens with zero attached hydrogens (tertiary/aromatic N) is 3. The molecule has 1 aromatic heterocycles. The number of likely N-dealkylation sites (tertiary alicyclic amines) is 1. The predicted molar refractivity (Wildman–Crippen MR) is 102 cm³/mol. The number of aliphatic hydroxyl groups excluding tert-OH is 1. The Hall–Kier alpha value is -1.17. The first-order chi connectivity index (χ1) is 12.1. The summed E-state index contributed by atoms with van der Waals surface area (Å²) in [4.78, 5) is 9.41. The zero-order valence-corrected chi connectivity index (χ0v) is 16.4. The number of aliphatic hydroxyl groups is 1. The summed E-state index contributed by atoms with van der Waals surface area (Å²) in [5.41, 5.74) is 2.46.